The summed E-state index contributed by atoms with van der Waals surface area (Å²) in [6.07, 6.45) is 0.371. The molecule has 0 fully saturated rings. The third-order valence-electron chi connectivity index (χ3n) is 2.94. The molecule has 0 radical (unpaired) electrons. The number of nitriles is 2. The molecule has 0 aliphatic carbocycles. The number of nitrogens with zero attached hydrogens (tertiary/aromatic N) is 4. The molecular formula is C14H22Cl2N6O2. The first-order valence-corrected chi connectivity index (χ1v) is 8.59. The van der Waals surface area contributed by atoms with Gasteiger partial charge in [0.15, 0.2) is 0 Å². The summed E-state index contributed by atoms with van der Waals surface area (Å²) in [6, 6.07) is 3.29. The van der Waals surface area contributed by atoms with Crippen molar-refractivity contribution in [2.45, 2.75) is 12.8 Å². The van der Waals surface area contributed by atoms with Crippen molar-refractivity contribution in [3.8, 4) is 12.1 Å². The van der Waals surface area contributed by atoms with Crippen molar-refractivity contribution in [1.82, 2.24) is 20.4 Å². The molecule has 24 heavy (non-hydrogen) atoms. The lowest BCUT2D eigenvalue weighted by molar-refractivity contribution is 0.177. The summed E-state index contributed by atoms with van der Waals surface area (Å²) in [5, 5.41) is 22.7. The van der Waals surface area contributed by atoms with Gasteiger partial charge in [-0.3, -0.25) is 0 Å². The Morgan fingerprint density at radius 2 is 1.17 bits per heavy atom. The zero-order chi connectivity index (χ0) is 18.2. The van der Waals surface area contributed by atoms with Crippen LogP contribution < -0.4 is 10.6 Å². The lowest BCUT2D eigenvalue weighted by Crippen LogP contribution is -2.48. The number of hydrogen-bond donors (Lipinski definition) is 2. The summed E-state index contributed by atoms with van der Waals surface area (Å²) >= 11 is 11.1. The minimum absolute atomic E-state index is 0.185. The van der Waals surface area contributed by atoms with E-state index in [1.165, 1.54) is 9.80 Å². The largest absolute Gasteiger partial charge is 0.337 e. The zero-order valence-electron chi connectivity index (χ0n) is 13.4. The molecule has 0 atom stereocenters. The Morgan fingerprint density at radius 3 is 1.46 bits per heavy atom. The van der Waals surface area contributed by atoms with Crippen molar-refractivity contribution in [3.05, 3.63) is 0 Å². The van der Waals surface area contributed by atoms with Crippen LogP contribution in [0.5, 0.6) is 0 Å². The van der Waals surface area contributed by atoms with Crippen LogP contribution >= 0.6 is 23.2 Å². The number of carbonyl (C=O) groups is 2. The molecule has 2 N–H and O–H groups in total. The highest BCUT2D eigenvalue weighted by molar-refractivity contribution is 6.18. The molecule has 0 saturated carbocycles. The van der Waals surface area contributed by atoms with Crippen molar-refractivity contribution in [3.63, 3.8) is 0 Å². The first-order valence-electron chi connectivity index (χ1n) is 7.52. The van der Waals surface area contributed by atoms with Gasteiger partial charge in [-0.25, -0.2) is 9.59 Å². The highest BCUT2D eigenvalue weighted by atomic mass is 35.5. The highest BCUT2D eigenvalue weighted by Crippen LogP contribution is 1.98. The van der Waals surface area contributed by atoms with Gasteiger partial charge in [-0.1, -0.05) is 0 Å². The quantitative estimate of drug-likeness (QED) is 0.529. The van der Waals surface area contributed by atoms with Gasteiger partial charge in [-0.2, -0.15) is 10.5 Å². The normalized spacial score (nSPS) is 9.50. The Morgan fingerprint density at radius 1 is 0.792 bits per heavy atom. The molecule has 8 nitrogen and oxygen atoms in total. The number of carbonyl (C=O) groups excluding carboxylic acids is 2. The molecule has 0 unspecified atom stereocenters. The Labute approximate surface area is 152 Å². The van der Waals surface area contributed by atoms with Crippen LogP contribution in [0.3, 0.4) is 0 Å². The van der Waals surface area contributed by atoms with Gasteiger partial charge in [0.05, 0.1) is 25.0 Å². The van der Waals surface area contributed by atoms with Crippen LogP contribution in [-0.2, 0) is 0 Å². The molecule has 0 aromatic rings. The van der Waals surface area contributed by atoms with Crippen LogP contribution in [0, 0.1) is 22.7 Å². The van der Waals surface area contributed by atoms with Gasteiger partial charge in [-0.15, -0.1) is 23.2 Å². The van der Waals surface area contributed by atoms with Crippen LogP contribution in [0.15, 0.2) is 0 Å². The van der Waals surface area contributed by atoms with Crippen molar-refractivity contribution in [2.75, 3.05) is 51.0 Å². The maximum Gasteiger partial charge on any atom is 0.317 e. The van der Waals surface area contributed by atoms with Crippen LogP contribution in [0.4, 0.5) is 9.59 Å². The van der Waals surface area contributed by atoms with Gasteiger partial charge in [-0.05, 0) is 0 Å². The second-order valence-electron chi connectivity index (χ2n) is 4.63. The number of halogens is 2. The summed E-state index contributed by atoms with van der Waals surface area (Å²) in [5.74, 6) is 0.569. The van der Waals surface area contributed by atoms with Crippen molar-refractivity contribution in [1.29, 1.82) is 10.5 Å². The number of hydrogen-bond acceptors (Lipinski definition) is 4. The van der Waals surface area contributed by atoms with Crippen LogP contribution in [0.25, 0.3) is 0 Å². The number of urea groups is 2. The van der Waals surface area contributed by atoms with Crippen molar-refractivity contribution in [2.24, 2.45) is 0 Å². The molecule has 0 rings (SSSR count). The van der Waals surface area contributed by atoms with Gasteiger partial charge in [0.25, 0.3) is 0 Å². The lowest BCUT2D eigenvalue weighted by atomic mass is 10.3. The Balaban J connectivity index is 4.69. The smallest absolute Gasteiger partial charge is 0.317 e. The van der Waals surface area contributed by atoms with E-state index in [2.05, 4.69) is 10.6 Å². The molecule has 0 bridgehead atoms. The fourth-order valence-electron chi connectivity index (χ4n) is 1.77. The molecule has 0 aliphatic rings. The summed E-state index contributed by atoms with van der Waals surface area (Å²) in [4.78, 5) is 27.0. The second-order valence-corrected chi connectivity index (χ2v) is 5.39. The highest BCUT2D eigenvalue weighted by Gasteiger charge is 2.17. The van der Waals surface area contributed by atoms with Gasteiger partial charge < -0.3 is 20.4 Å². The van der Waals surface area contributed by atoms with Crippen molar-refractivity contribution < 1.29 is 9.59 Å². The predicted molar refractivity (Wildman–Crippen MR) is 91.8 cm³/mol. The maximum absolute atomic E-state index is 12.0. The minimum Gasteiger partial charge on any atom is -0.337 e. The summed E-state index contributed by atoms with van der Waals surface area (Å²) in [7, 11) is 0. The van der Waals surface area contributed by atoms with Gasteiger partial charge in [0, 0.05) is 51.0 Å². The molecule has 0 heterocycles. The molecule has 4 amide bonds. The number of amides is 4. The molecule has 134 valence electrons. The molecular weight excluding hydrogens is 355 g/mol. The van der Waals surface area contributed by atoms with E-state index in [1.54, 1.807) is 0 Å². The molecule has 0 aromatic carbocycles. The van der Waals surface area contributed by atoms with Gasteiger partial charge in [0.1, 0.15) is 0 Å². The number of rotatable bonds is 11. The number of alkyl halides is 2. The van der Waals surface area contributed by atoms with E-state index in [1.807, 2.05) is 12.1 Å². The van der Waals surface area contributed by atoms with E-state index in [0.717, 1.165) is 0 Å². The van der Waals surface area contributed by atoms with Crippen LogP contribution in [-0.4, -0.2) is 72.9 Å². The van der Waals surface area contributed by atoms with Gasteiger partial charge >= 0.3 is 12.1 Å². The van der Waals surface area contributed by atoms with E-state index in [4.69, 9.17) is 33.7 Å². The average molecular weight is 377 g/mol. The summed E-state index contributed by atoms with van der Waals surface area (Å²) in [6.45, 7) is 1.63. The van der Waals surface area contributed by atoms with Crippen LogP contribution in [0.1, 0.15) is 12.8 Å². The van der Waals surface area contributed by atoms with E-state index >= 15 is 0 Å². The Kier molecular flexibility index (Phi) is 13.5. The van der Waals surface area contributed by atoms with E-state index < -0.39 is 0 Å². The van der Waals surface area contributed by atoms with Crippen molar-refractivity contribution >= 4 is 35.3 Å². The first kappa shape index (κ1) is 22.1. The Bertz CT molecular complexity index is 421. The monoisotopic (exact) mass is 376 g/mol. The first-order chi connectivity index (χ1) is 11.6. The predicted octanol–water partition coefficient (Wildman–Crippen LogP) is 1.31. The zero-order valence-corrected chi connectivity index (χ0v) is 14.9. The van der Waals surface area contributed by atoms with E-state index in [0.29, 0.717) is 13.1 Å². The summed E-state index contributed by atoms with van der Waals surface area (Å²) < 4.78 is 0. The third-order valence-corrected chi connectivity index (χ3v) is 3.32. The average Bonchev–Trinajstić information content (AvgIpc) is 2.59. The maximum atomic E-state index is 12.0. The second kappa shape index (κ2) is 14.7. The number of nitrogens with one attached hydrogen (secondary N) is 2. The molecule has 0 spiro atoms. The fraction of sp³-hybridized carbons (Fsp3) is 0.714. The van der Waals surface area contributed by atoms with E-state index in [9.17, 15) is 9.59 Å². The fourth-order valence-corrected chi connectivity index (χ4v) is 1.96. The Hall–Kier alpha value is -1.90. The molecule has 0 aliphatic heterocycles. The summed E-state index contributed by atoms with van der Waals surface area (Å²) in [5.41, 5.74) is 0. The van der Waals surface area contributed by atoms with E-state index in [-0.39, 0.29) is 62.8 Å². The van der Waals surface area contributed by atoms with Crippen LogP contribution in [0.2, 0.25) is 0 Å². The topological polar surface area (TPSA) is 112 Å². The third kappa shape index (κ3) is 9.98. The minimum atomic E-state index is -0.340. The lowest BCUT2D eigenvalue weighted by Gasteiger charge is -2.27. The molecule has 0 saturated heterocycles. The SMILES string of the molecule is N#CCCN(CCN(CCC#N)C(=O)NCCCl)C(=O)NCCCl. The molecule has 0 aromatic heterocycles. The standard InChI is InChI=1S/C14H22Cl2N6O2/c15-3-7-19-13(23)21(9-1-5-17)11-12-22(10-2-6-18)14(24)20-8-4-16/h1-4,7-12H2,(H,19,23)(H,20,24). The van der Waals surface area contributed by atoms with Gasteiger partial charge in [0.2, 0.25) is 0 Å². The molecule has 10 heteroatoms.